The Morgan fingerprint density at radius 3 is 2.82 bits per heavy atom. The van der Waals surface area contributed by atoms with Crippen molar-refractivity contribution in [3.05, 3.63) is 0 Å². The summed E-state index contributed by atoms with van der Waals surface area (Å²) in [6.45, 7) is 4.50. The van der Waals surface area contributed by atoms with Crippen LogP contribution in [0.5, 0.6) is 0 Å². The molecule has 1 amide bonds. The van der Waals surface area contributed by atoms with E-state index in [-0.39, 0.29) is 18.1 Å². The molecule has 17 heavy (non-hydrogen) atoms. The fourth-order valence-corrected chi connectivity index (χ4v) is 3.07. The molecule has 3 unspecified atom stereocenters. The number of nitrogens with zero attached hydrogens (tertiary/aromatic N) is 1. The molecule has 4 heteroatoms. The number of hydrogen-bond donors (Lipinski definition) is 2. The topological polar surface area (TPSA) is 52.6 Å². The zero-order valence-corrected chi connectivity index (χ0v) is 10.7. The van der Waals surface area contributed by atoms with Gasteiger partial charge in [-0.25, -0.2) is 0 Å². The van der Waals surface area contributed by atoms with Crippen molar-refractivity contribution >= 4 is 5.91 Å². The third-order valence-corrected chi connectivity index (χ3v) is 4.05. The van der Waals surface area contributed by atoms with Gasteiger partial charge in [0.1, 0.15) is 0 Å². The molecule has 0 aromatic carbocycles. The molecule has 2 rings (SSSR count). The SMILES string of the molecule is CCNC1CCCN(CC2CCCC2O)C1=O. The molecule has 1 aliphatic carbocycles. The van der Waals surface area contributed by atoms with Gasteiger partial charge in [0.25, 0.3) is 0 Å². The lowest BCUT2D eigenvalue weighted by molar-refractivity contribution is -0.137. The van der Waals surface area contributed by atoms with E-state index in [1.165, 1.54) is 0 Å². The summed E-state index contributed by atoms with van der Waals surface area (Å²) in [7, 11) is 0. The van der Waals surface area contributed by atoms with Crippen molar-refractivity contribution in [2.75, 3.05) is 19.6 Å². The van der Waals surface area contributed by atoms with E-state index in [1.807, 2.05) is 11.8 Å². The van der Waals surface area contributed by atoms with Crippen LogP contribution in [0.2, 0.25) is 0 Å². The summed E-state index contributed by atoms with van der Waals surface area (Å²) in [5, 5.41) is 13.1. The van der Waals surface area contributed by atoms with Crippen LogP contribution in [0.3, 0.4) is 0 Å². The molecule has 98 valence electrons. The molecule has 0 aromatic rings. The normalized spacial score (nSPS) is 34.4. The Balaban J connectivity index is 1.89. The molecule has 2 N–H and O–H groups in total. The molecular formula is C13H24N2O2. The maximum atomic E-state index is 12.2. The van der Waals surface area contributed by atoms with Crippen molar-refractivity contribution in [2.45, 2.75) is 51.2 Å². The van der Waals surface area contributed by atoms with Crippen LogP contribution in [0.4, 0.5) is 0 Å². The van der Waals surface area contributed by atoms with Crippen LogP contribution in [0.1, 0.15) is 39.0 Å². The number of carbonyl (C=O) groups excluding carboxylic acids is 1. The Morgan fingerprint density at radius 2 is 2.18 bits per heavy atom. The van der Waals surface area contributed by atoms with Gasteiger partial charge in [0.15, 0.2) is 0 Å². The lowest BCUT2D eigenvalue weighted by atomic mass is 10.0. The average Bonchev–Trinajstić information content (AvgIpc) is 2.70. The minimum atomic E-state index is -0.192. The number of piperidine rings is 1. The molecular weight excluding hydrogens is 216 g/mol. The molecule has 1 saturated heterocycles. The van der Waals surface area contributed by atoms with Gasteiger partial charge in [0.05, 0.1) is 12.1 Å². The summed E-state index contributed by atoms with van der Waals surface area (Å²) in [5.74, 6) is 0.538. The van der Waals surface area contributed by atoms with Crippen LogP contribution in [-0.4, -0.2) is 47.7 Å². The molecule has 2 aliphatic rings. The molecule has 3 atom stereocenters. The van der Waals surface area contributed by atoms with Crippen LogP contribution in [0.25, 0.3) is 0 Å². The number of amides is 1. The Bertz CT molecular complexity index is 268. The second kappa shape index (κ2) is 5.83. The summed E-state index contributed by atoms with van der Waals surface area (Å²) >= 11 is 0. The minimum Gasteiger partial charge on any atom is -0.393 e. The summed E-state index contributed by atoms with van der Waals surface area (Å²) in [4.78, 5) is 14.1. The Hall–Kier alpha value is -0.610. The average molecular weight is 240 g/mol. The van der Waals surface area contributed by atoms with Gasteiger partial charge in [-0.2, -0.15) is 0 Å². The maximum Gasteiger partial charge on any atom is 0.239 e. The standard InChI is InChI=1S/C13H24N2O2/c1-2-14-11-6-4-8-15(13(11)17)9-10-5-3-7-12(10)16/h10-12,14,16H,2-9H2,1H3. The number of nitrogens with one attached hydrogen (secondary N) is 1. The van der Waals surface area contributed by atoms with Gasteiger partial charge in [-0.05, 0) is 32.2 Å². The Morgan fingerprint density at radius 1 is 1.35 bits per heavy atom. The van der Waals surface area contributed by atoms with E-state index in [4.69, 9.17) is 0 Å². The molecule has 1 saturated carbocycles. The number of aliphatic hydroxyl groups excluding tert-OH is 1. The van der Waals surface area contributed by atoms with Crippen molar-refractivity contribution in [3.8, 4) is 0 Å². The molecule has 1 aliphatic heterocycles. The van der Waals surface area contributed by atoms with E-state index in [2.05, 4.69) is 5.32 Å². The Labute approximate surface area is 103 Å². The van der Waals surface area contributed by atoms with Crippen molar-refractivity contribution in [3.63, 3.8) is 0 Å². The number of likely N-dealkylation sites (N-methyl/N-ethyl adjacent to an activating group) is 1. The third kappa shape index (κ3) is 2.99. The number of hydrogen-bond acceptors (Lipinski definition) is 3. The van der Waals surface area contributed by atoms with Gasteiger partial charge in [-0.3, -0.25) is 4.79 Å². The fraction of sp³-hybridized carbons (Fsp3) is 0.923. The summed E-state index contributed by atoms with van der Waals surface area (Å²) < 4.78 is 0. The van der Waals surface area contributed by atoms with Crippen LogP contribution in [0, 0.1) is 5.92 Å². The number of carbonyl (C=O) groups is 1. The summed E-state index contributed by atoms with van der Waals surface area (Å²) in [6, 6.07) is 0.00676. The minimum absolute atomic E-state index is 0.00676. The summed E-state index contributed by atoms with van der Waals surface area (Å²) in [6.07, 6.45) is 4.91. The largest absolute Gasteiger partial charge is 0.393 e. The van der Waals surface area contributed by atoms with Crippen LogP contribution in [-0.2, 0) is 4.79 Å². The fourth-order valence-electron chi connectivity index (χ4n) is 3.07. The highest BCUT2D eigenvalue weighted by Gasteiger charge is 2.33. The van der Waals surface area contributed by atoms with Crippen LogP contribution >= 0.6 is 0 Å². The molecule has 4 nitrogen and oxygen atoms in total. The van der Waals surface area contributed by atoms with Crippen molar-refractivity contribution in [1.82, 2.24) is 10.2 Å². The lowest BCUT2D eigenvalue weighted by Crippen LogP contribution is -2.52. The monoisotopic (exact) mass is 240 g/mol. The predicted octanol–water partition coefficient (Wildman–Crippen LogP) is 0.748. The second-order valence-electron chi connectivity index (χ2n) is 5.30. The van der Waals surface area contributed by atoms with Gasteiger partial charge >= 0.3 is 0 Å². The molecule has 2 fully saturated rings. The van der Waals surface area contributed by atoms with Crippen molar-refractivity contribution in [2.24, 2.45) is 5.92 Å². The molecule has 0 bridgehead atoms. The molecule has 1 heterocycles. The highest BCUT2D eigenvalue weighted by atomic mass is 16.3. The zero-order valence-electron chi connectivity index (χ0n) is 10.7. The van der Waals surface area contributed by atoms with Gasteiger partial charge in [0, 0.05) is 19.0 Å². The van der Waals surface area contributed by atoms with Crippen molar-refractivity contribution in [1.29, 1.82) is 0 Å². The van der Waals surface area contributed by atoms with E-state index < -0.39 is 0 Å². The quantitative estimate of drug-likeness (QED) is 0.762. The maximum absolute atomic E-state index is 12.2. The first kappa shape index (κ1) is 12.8. The number of rotatable bonds is 4. The molecule has 0 spiro atoms. The predicted molar refractivity (Wildman–Crippen MR) is 66.6 cm³/mol. The Kier molecular flexibility index (Phi) is 4.40. The van der Waals surface area contributed by atoms with E-state index in [0.29, 0.717) is 5.92 Å². The molecule has 0 radical (unpaired) electrons. The first-order chi connectivity index (χ1) is 8.22. The first-order valence-corrected chi connectivity index (χ1v) is 6.92. The van der Waals surface area contributed by atoms with Gasteiger partial charge in [-0.1, -0.05) is 13.3 Å². The smallest absolute Gasteiger partial charge is 0.239 e. The molecule has 0 aromatic heterocycles. The number of likely N-dealkylation sites (tertiary alicyclic amines) is 1. The third-order valence-electron chi connectivity index (χ3n) is 4.05. The lowest BCUT2D eigenvalue weighted by Gasteiger charge is -2.34. The highest BCUT2D eigenvalue weighted by Crippen LogP contribution is 2.27. The van der Waals surface area contributed by atoms with E-state index in [1.54, 1.807) is 0 Å². The zero-order chi connectivity index (χ0) is 12.3. The van der Waals surface area contributed by atoms with Crippen LogP contribution < -0.4 is 5.32 Å². The van der Waals surface area contributed by atoms with Crippen molar-refractivity contribution < 1.29 is 9.90 Å². The summed E-state index contributed by atoms with van der Waals surface area (Å²) in [5.41, 5.74) is 0. The number of aliphatic hydroxyl groups is 1. The van der Waals surface area contributed by atoms with Gasteiger partial charge < -0.3 is 15.3 Å². The van der Waals surface area contributed by atoms with Crippen LogP contribution in [0.15, 0.2) is 0 Å². The second-order valence-corrected chi connectivity index (χ2v) is 5.30. The van der Waals surface area contributed by atoms with E-state index in [0.717, 1.165) is 51.7 Å². The van der Waals surface area contributed by atoms with E-state index >= 15 is 0 Å². The van der Waals surface area contributed by atoms with E-state index in [9.17, 15) is 9.90 Å². The van der Waals surface area contributed by atoms with Gasteiger partial charge in [0.2, 0.25) is 5.91 Å². The first-order valence-electron chi connectivity index (χ1n) is 6.92. The van der Waals surface area contributed by atoms with Gasteiger partial charge in [-0.15, -0.1) is 0 Å². The highest BCUT2D eigenvalue weighted by molar-refractivity contribution is 5.82.